The van der Waals surface area contributed by atoms with Gasteiger partial charge in [-0.25, -0.2) is 0 Å². The standard InChI is InChI=1S/C48H63N5O10Si2/c1-31-21-39-47(56)52(29-60-17-19-64(4,5)6)37-25-43(41(58-2)23-35(37)45(54)50(39)27-31)62-15-10-16-63-44-26-38-36(24-42(44)59-3)46(55)51-28-33(32-11-13-34(49)14-12-32)22-40(51)48(57)53(38)30-61-18-20-65(7,8)9/h11-14,23-28,39-40H,10,15-22,29-30,49H2,1-9H3. The summed E-state index contributed by atoms with van der Waals surface area (Å²) in [6.45, 7) is 16.8. The molecular weight excluding hydrogens is 863 g/mol. The molecule has 0 radical (unpaired) electrons. The highest BCUT2D eigenvalue weighted by Crippen LogP contribution is 2.43. The van der Waals surface area contributed by atoms with E-state index in [1.165, 1.54) is 24.0 Å². The number of nitrogens with zero attached hydrogens (tertiary/aromatic N) is 4. The van der Waals surface area contributed by atoms with Gasteiger partial charge in [0.15, 0.2) is 23.0 Å². The van der Waals surface area contributed by atoms with Gasteiger partial charge >= 0.3 is 0 Å². The van der Waals surface area contributed by atoms with Crippen molar-refractivity contribution in [2.75, 3.05) is 69.6 Å². The predicted molar refractivity (Wildman–Crippen MR) is 256 cm³/mol. The number of ether oxygens (including phenoxy) is 6. The first-order valence-electron chi connectivity index (χ1n) is 22.2. The fourth-order valence-electron chi connectivity index (χ4n) is 8.17. The van der Waals surface area contributed by atoms with E-state index in [0.29, 0.717) is 78.1 Å². The highest BCUT2D eigenvalue weighted by Gasteiger charge is 2.44. The van der Waals surface area contributed by atoms with Crippen molar-refractivity contribution >= 4 is 62.4 Å². The average Bonchev–Trinajstić information content (AvgIpc) is 3.86. The van der Waals surface area contributed by atoms with Crippen molar-refractivity contribution in [1.82, 2.24) is 9.80 Å². The maximum absolute atomic E-state index is 14.5. The van der Waals surface area contributed by atoms with E-state index < -0.39 is 28.2 Å². The van der Waals surface area contributed by atoms with Crippen molar-refractivity contribution in [3.8, 4) is 23.0 Å². The number of fused-ring (bicyclic) bond motifs is 4. The Bertz CT molecular complexity index is 2370. The van der Waals surface area contributed by atoms with E-state index in [1.54, 1.807) is 58.6 Å². The summed E-state index contributed by atoms with van der Waals surface area (Å²) in [5.74, 6) is 0.231. The number of methoxy groups -OCH3 is 2. The summed E-state index contributed by atoms with van der Waals surface area (Å²) < 4.78 is 36.3. The van der Waals surface area contributed by atoms with Crippen LogP contribution in [0.2, 0.25) is 51.4 Å². The zero-order chi connectivity index (χ0) is 46.8. The lowest BCUT2D eigenvalue weighted by Crippen LogP contribution is -2.45. The van der Waals surface area contributed by atoms with E-state index in [4.69, 9.17) is 34.2 Å². The first-order valence-corrected chi connectivity index (χ1v) is 29.7. The molecular formula is C48H63N5O10Si2. The van der Waals surface area contributed by atoms with Gasteiger partial charge in [0.1, 0.15) is 25.5 Å². The summed E-state index contributed by atoms with van der Waals surface area (Å²) in [5, 5.41) is 0. The molecule has 0 bridgehead atoms. The van der Waals surface area contributed by atoms with Crippen molar-refractivity contribution in [2.24, 2.45) is 0 Å². The fraction of sp³-hybridized carbons (Fsp3) is 0.458. The number of carbonyl (C=O) groups excluding carboxylic acids is 4. The van der Waals surface area contributed by atoms with Crippen LogP contribution >= 0.6 is 0 Å². The third-order valence-electron chi connectivity index (χ3n) is 12.0. The normalized spacial score (nSPS) is 18.4. The van der Waals surface area contributed by atoms with E-state index in [2.05, 4.69) is 39.3 Å². The Morgan fingerprint density at radius 3 is 1.54 bits per heavy atom. The molecule has 65 heavy (non-hydrogen) atoms. The first kappa shape index (κ1) is 47.3. The van der Waals surface area contributed by atoms with E-state index in [1.807, 2.05) is 19.1 Å². The van der Waals surface area contributed by atoms with Crippen LogP contribution in [0.5, 0.6) is 23.0 Å². The van der Waals surface area contributed by atoms with Crippen molar-refractivity contribution in [2.45, 2.75) is 89.6 Å². The number of rotatable bonds is 19. The number of carbonyl (C=O) groups is 4. The van der Waals surface area contributed by atoms with Crippen molar-refractivity contribution in [1.29, 1.82) is 0 Å². The molecule has 2 N–H and O–H groups in total. The van der Waals surface area contributed by atoms with Crippen LogP contribution in [0.15, 0.2) is 66.5 Å². The molecule has 0 spiro atoms. The Morgan fingerprint density at radius 2 is 1.08 bits per heavy atom. The molecule has 3 aromatic rings. The second-order valence-electron chi connectivity index (χ2n) is 19.4. The molecule has 0 fully saturated rings. The monoisotopic (exact) mass is 925 g/mol. The van der Waals surface area contributed by atoms with E-state index in [-0.39, 0.29) is 55.9 Å². The van der Waals surface area contributed by atoms with Crippen LogP contribution in [-0.2, 0) is 19.1 Å². The first-order chi connectivity index (χ1) is 30.9. The highest BCUT2D eigenvalue weighted by molar-refractivity contribution is 6.76. The van der Waals surface area contributed by atoms with Crippen LogP contribution in [0.25, 0.3) is 5.57 Å². The Labute approximate surface area is 384 Å². The molecule has 0 aliphatic carbocycles. The number of hydrogen-bond acceptors (Lipinski definition) is 11. The molecule has 7 rings (SSSR count). The minimum absolute atomic E-state index is 0.00550. The zero-order valence-corrected chi connectivity index (χ0v) is 41.2. The van der Waals surface area contributed by atoms with Gasteiger partial charge in [-0.15, -0.1) is 0 Å². The quantitative estimate of drug-likeness (QED) is 0.0709. The highest BCUT2D eigenvalue weighted by atomic mass is 28.3. The number of nitrogens with two attached hydrogens (primary N) is 1. The van der Waals surface area contributed by atoms with Crippen molar-refractivity contribution < 1.29 is 47.6 Å². The molecule has 2 unspecified atom stereocenters. The number of benzene rings is 3. The van der Waals surface area contributed by atoms with E-state index in [9.17, 15) is 19.2 Å². The number of hydrogen-bond donors (Lipinski definition) is 1. The molecule has 15 nitrogen and oxygen atoms in total. The lowest BCUT2D eigenvalue weighted by Gasteiger charge is -2.27. The van der Waals surface area contributed by atoms with Gasteiger partial charge in [0.2, 0.25) is 0 Å². The number of nitrogen functional groups attached to an aromatic ring is 1. The van der Waals surface area contributed by atoms with Gasteiger partial charge in [-0.2, -0.15) is 0 Å². The van der Waals surface area contributed by atoms with Gasteiger partial charge in [0.05, 0.1) is 49.9 Å². The van der Waals surface area contributed by atoms with Gasteiger partial charge in [-0.05, 0) is 60.8 Å². The van der Waals surface area contributed by atoms with Gasteiger partial charge in [-0.1, -0.05) is 57.0 Å². The van der Waals surface area contributed by atoms with Gasteiger partial charge in [0.25, 0.3) is 23.6 Å². The maximum Gasteiger partial charge on any atom is 0.260 e. The Kier molecular flexibility index (Phi) is 14.2. The molecule has 2 atom stereocenters. The summed E-state index contributed by atoms with van der Waals surface area (Å²) >= 11 is 0. The number of amides is 4. The molecule has 3 aromatic carbocycles. The molecule has 4 aliphatic heterocycles. The Hall–Kier alpha value is -5.63. The average molecular weight is 926 g/mol. The molecule has 4 aliphatic rings. The molecule has 0 saturated heterocycles. The fourth-order valence-corrected chi connectivity index (χ4v) is 9.68. The summed E-state index contributed by atoms with van der Waals surface area (Å²) in [7, 11) is 0.181. The molecule has 4 heterocycles. The van der Waals surface area contributed by atoms with Crippen LogP contribution in [0.3, 0.4) is 0 Å². The smallest absolute Gasteiger partial charge is 0.260 e. The van der Waals surface area contributed by atoms with Gasteiger partial charge in [0, 0.05) is 72.4 Å². The summed E-state index contributed by atoms with van der Waals surface area (Å²) in [6.07, 6.45) is 4.67. The molecule has 17 heteroatoms. The largest absolute Gasteiger partial charge is 0.493 e. The SMILES string of the molecule is COc1cc2c(cc1OCCCOc1cc3c(cc1OC)C(=O)N1C=C(c4ccc(N)cc4)CC1C(=O)N3COCC[Si](C)(C)C)N(COCC[Si](C)(C)C)C(=O)C1CC(C)=CN1C2=O. The van der Waals surface area contributed by atoms with Crippen LogP contribution < -0.4 is 34.5 Å². The van der Waals surface area contributed by atoms with Crippen LogP contribution in [0.1, 0.15) is 52.5 Å². The summed E-state index contributed by atoms with van der Waals surface area (Å²) in [4.78, 5) is 63.0. The third kappa shape index (κ3) is 10.6. The third-order valence-corrected chi connectivity index (χ3v) is 15.4. The van der Waals surface area contributed by atoms with Crippen LogP contribution in [0, 0.1) is 0 Å². The molecule has 0 aromatic heterocycles. The minimum Gasteiger partial charge on any atom is -0.493 e. The zero-order valence-electron chi connectivity index (χ0n) is 39.2. The van der Waals surface area contributed by atoms with Gasteiger partial charge < -0.3 is 44.0 Å². The Morgan fingerprint density at radius 1 is 0.615 bits per heavy atom. The molecule has 348 valence electrons. The Balaban J connectivity index is 1.10. The second-order valence-corrected chi connectivity index (χ2v) is 30.7. The topological polar surface area (TPSA) is 163 Å². The molecule has 4 amide bonds. The van der Waals surface area contributed by atoms with Crippen molar-refractivity contribution in [3.63, 3.8) is 0 Å². The van der Waals surface area contributed by atoms with E-state index >= 15 is 0 Å². The predicted octanol–water partition coefficient (Wildman–Crippen LogP) is 7.83. The maximum atomic E-state index is 14.5. The van der Waals surface area contributed by atoms with E-state index in [0.717, 1.165) is 28.8 Å². The van der Waals surface area contributed by atoms with Gasteiger partial charge in [-0.3, -0.25) is 29.0 Å². The lowest BCUT2D eigenvalue weighted by atomic mass is 10.0. The summed E-state index contributed by atoms with van der Waals surface area (Å²) in [6, 6.07) is 14.4. The van der Waals surface area contributed by atoms with Crippen LogP contribution in [0.4, 0.5) is 17.1 Å². The lowest BCUT2D eigenvalue weighted by molar-refractivity contribution is -0.123. The molecule has 0 saturated carbocycles. The van der Waals surface area contributed by atoms with Crippen molar-refractivity contribution in [3.05, 3.63) is 83.2 Å². The summed E-state index contributed by atoms with van der Waals surface area (Å²) in [5.41, 5.74) is 10.6. The van der Waals surface area contributed by atoms with Crippen LogP contribution in [-0.4, -0.2) is 116 Å². The number of anilines is 3. The minimum atomic E-state index is -1.43. The second kappa shape index (κ2) is 19.5.